The summed E-state index contributed by atoms with van der Waals surface area (Å²) in [6.45, 7) is 0. The van der Waals surface area contributed by atoms with Gasteiger partial charge in [-0.3, -0.25) is 0 Å². The van der Waals surface area contributed by atoms with Gasteiger partial charge in [0.2, 0.25) is 0 Å². The third-order valence-electron chi connectivity index (χ3n) is 10.2. The summed E-state index contributed by atoms with van der Waals surface area (Å²) in [5.74, 6) is 0. The summed E-state index contributed by atoms with van der Waals surface area (Å²) in [6.07, 6.45) is 0. The Morgan fingerprint density at radius 2 is 0.755 bits per heavy atom. The lowest BCUT2D eigenvalue weighted by molar-refractivity contribution is 1.29. The second kappa shape index (κ2) is 11.1. The summed E-state index contributed by atoms with van der Waals surface area (Å²) in [5.41, 5.74) is 5.84. The van der Waals surface area contributed by atoms with Crippen molar-refractivity contribution in [1.29, 1.82) is 0 Å². The molecule has 10 rings (SSSR count). The van der Waals surface area contributed by atoms with Crippen LogP contribution in [0.15, 0.2) is 188 Å². The topological polar surface area (TPSA) is 3.24 Å². The number of para-hydroxylation sites is 1. The Balaban J connectivity index is 1.17. The molecule has 0 bridgehead atoms. The average Bonchev–Trinajstić information content (AvgIpc) is 3.18. The van der Waals surface area contributed by atoms with Gasteiger partial charge in [0.25, 0.3) is 0 Å². The van der Waals surface area contributed by atoms with Crippen molar-refractivity contribution in [2.75, 3.05) is 4.90 Å². The van der Waals surface area contributed by atoms with Gasteiger partial charge in [-0.2, -0.15) is 0 Å². The number of rotatable bonds is 4. The van der Waals surface area contributed by atoms with E-state index < -0.39 is 0 Å². The van der Waals surface area contributed by atoms with Crippen LogP contribution in [0.1, 0.15) is 0 Å². The van der Waals surface area contributed by atoms with Crippen molar-refractivity contribution in [2.24, 2.45) is 0 Å². The van der Waals surface area contributed by atoms with Gasteiger partial charge in [0, 0.05) is 17.1 Å². The molecule has 0 saturated heterocycles. The fraction of sp³-hybridized carbons (Fsp3) is 0. The monoisotopic (exact) mass is 621 g/mol. The van der Waals surface area contributed by atoms with Crippen LogP contribution in [0.25, 0.3) is 75.8 Å². The van der Waals surface area contributed by atoms with Crippen molar-refractivity contribution in [1.82, 2.24) is 0 Å². The molecular weight excluding hydrogens is 591 g/mol. The van der Waals surface area contributed by atoms with Crippen LogP contribution in [0.3, 0.4) is 0 Å². The van der Waals surface area contributed by atoms with Gasteiger partial charge < -0.3 is 4.90 Å². The molecule has 1 nitrogen and oxygen atoms in total. The maximum atomic E-state index is 2.39. The molecule has 0 unspecified atom stereocenters. The first-order valence-electron chi connectivity index (χ1n) is 16.9. The second-order valence-electron chi connectivity index (χ2n) is 12.9. The standard InChI is InChI=1S/C48H31N/c1-2-12-38(13-3-1)49(39-27-24-33(25-28-39)45-30-37-11-5-6-14-41(37)43-16-8-9-17-44(43)45)40-29-26-34-19-21-36-23-22-35-20-18-32-10-4-7-15-42(32)47(35)48(36)46(34)31-40/h1-31H. The molecule has 0 N–H and O–H groups in total. The van der Waals surface area contributed by atoms with Gasteiger partial charge >= 0.3 is 0 Å². The van der Waals surface area contributed by atoms with E-state index in [1.807, 2.05) is 0 Å². The molecule has 10 aromatic carbocycles. The van der Waals surface area contributed by atoms with Crippen LogP contribution in [-0.4, -0.2) is 0 Å². The molecule has 0 amide bonds. The van der Waals surface area contributed by atoms with Crippen LogP contribution < -0.4 is 4.90 Å². The minimum Gasteiger partial charge on any atom is -0.310 e. The highest BCUT2D eigenvalue weighted by Crippen LogP contribution is 2.42. The second-order valence-corrected chi connectivity index (χ2v) is 12.9. The van der Waals surface area contributed by atoms with E-state index in [1.54, 1.807) is 0 Å². The van der Waals surface area contributed by atoms with Gasteiger partial charge in [-0.1, -0.05) is 146 Å². The van der Waals surface area contributed by atoms with Crippen LogP contribution >= 0.6 is 0 Å². The van der Waals surface area contributed by atoms with Crippen molar-refractivity contribution in [3.63, 3.8) is 0 Å². The van der Waals surface area contributed by atoms with Crippen LogP contribution in [0.2, 0.25) is 0 Å². The molecule has 0 aliphatic rings. The lowest BCUT2D eigenvalue weighted by Gasteiger charge is -2.26. The number of benzene rings is 10. The quantitative estimate of drug-likeness (QED) is 0.177. The minimum atomic E-state index is 1.12. The average molecular weight is 622 g/mol. The Kier molecular flexibility index (Phi) is 6.25. The van der Waals surface area contributed by atoms with Crippen LogP contribution in [0.4, 0.5) is 17.1 Å². The largest absolute Gasteiger partial charge is 0.310 e. The molecule has 0 aliphatic carbocycles. The molecule has 0 heterocycles. The van der Waals surface area contributed by atoms with Gasteiger partial charge in [-0.15, -0.1) is 0 Å². The molecular formula is C48H31N. The van der Waals surface area contributed by atoms with Gasteiger partial charge in [0.15, 0.2) is 0 Å². The van der Waals surface area contributed by atoms with Crippen LogP contribution in [0, 0.1) is 0 Å². The predicted molar refractivity (Wildman–Crippen MR) is 212 cm³/mol. The number of hydrogen-bond acceptors (Lipinski definition) is 1. The summed E-state index contributed by atoms with van der Waals surface area (Å²) >= 11 is 0. The van der Waals surface area contributed by atoms with Gasteiger partial charge in [-0.25, -0.2) is 0 Å². The van der Waals surface area contributed by atoms with E-state index in [2.05, 4.69) is 193 Å². The lowest BCUT2D eigenvalue weighted by atomic mass is 9.92. The molecule has 49 heavy (non-hydrogen) atoms. The number of anilines is 3. The van der Waals surface area contributed by atoms with Crippen molar-refractivity contribution in [2.45, 2.75) is 0 Å². The smallest absolute Gasteiger partial charge is 0.0468 e. The molecule has 0 spiro atoms. The molecule has 0 atom stereocenters. The van der Waals surface area contributed by atoms with E-state index in [0.29, 0.717) is 0 Å². The van der Waals surface area contributed by atoms with Crippen molar-refractivity contribution in [3.8, 4) is 11.1 Å². The maximum Gasteiger partial charge on any atom is 0.0468 e. The van der Waals surface area contributed by atoms with Crippen molar-refractivity contribution in [3.05, 3.63) is 188 Å². The summed E-state index contributed by atoms with van der Waals surface area (Å²) in [5, 5.41) is 15.3. The summed E-state index contributed by atoms with van der Waals surface area (Å²) in [6, 6.07) is 68.8. The first-order chi connectivity index (χ1) is 24.3. The fourth-order valence-electron chi connectivity index (χ4n) is 7.87. The Bertz CT molecular complexity index is 2860. The van der Waals surface area contributed by atoms with Crippen LogP contribution in [0.5, 0.6) is 0 Å². The zero-order valence-corrected chi connectivity index (χ0v) is 26.8. The van der Waals surface area contributed by atoms with Gasteiger partial charge in [0.05, 0.1) is 0 Å². The fourth-order valence-corrected chi connectivity index (χ4v) is 7.87. The Morgan fingerprint density at radius 1 is 0.265 bits per heavy atom. The number of hydrogen-bond donors (Lipinski definition) is 0. The lowest BCUT2D eigenvalue weighted by Crippen LogP contribution is -2.09. The highest BCUT2D eigenvalue weighted by Gasteiger charge is 2.16. The number of nitrogens with zero attached hydrogens (tertiary/aromatic N) is 1. The number of fused-ring (bicyclic) bond motifs is 10. The summed E-state index contributed by atoms with van der Waals surface area (Å²) < 4.78 is 0. The SMILES string of the molecule is c1ccc(N(c2ccc(-c3cc4ccccc4c4ccccc34)cc2)c2ccc3ccc4ccc5ccc6ccccc6c5c4c3c2)cc1. The van der Waals surface area contributed by atoms with Gasteiger partial charge in [-0.05, 0) is 118 Å². The molecule has 0 saturated carbocycles. The first-order valence-corrected chi connectivity index (χ1v) is 16.9. The minimum absolute atomic E-state index is 1.12. The highest BCUT2D eigenvalue weighted by atomic mass is 15.1. The predicted octanol–water partition coefficient (Wildman–Crippen LogP) is 13.7. The maximum absolute atomic E-state index is 2.39. The molecule has 228 valence electrons. The molecule has 0 aliphatic heterocycles. The Hall–Kier alpha value is -6.44. The van der Waals surface area contributed by atoms with Crippen LogP contribution in [-0.2, 0) is 0 Å². The molecule has 10 aromatic rings. The molecule has 0 radical (unpaired) electrons. The summed E-state index contributed by atoms with van der Waals surface area (Å²) in [7, 11) is 0. The van der Waals surface area contributed by atoms with E-state index in [4.69, 9.17) is 0 Å². The summed E-state index contributed by atoms with van der Waals surface area (Å²) in [4.78, 5) is 2.38. The Labute approximate surface area is 284 Å². The highest BCUT2D eigenvalue weighted by molar-refractivity contribution is 6.27. The van der Waals surface area contributed by atoms with Crippen molar-refractivity contribution < 1.29 is 0 Å². The van der Waals surface area contributed by atoms with Gasteiger partial charge in [0.1, 0.15) is 0 Å². The third kappa shape index (κ3) is 4.47. The zero-order chi connectivity index (χ0) is 32.3. The van der Waals surface area contributed by atoms with Crippen molar-refractivity contribution >= 4 is 81.7 Å². The van der Waals surface area contributed by atoms with E-state index in [9.17, 15) is 0 Å². The Morgan fingerprint density at radius 3 is 1.49 bits per heavy atom. The molecule has 1 heteroatoms. The van der Waals surface area contributed by atoms with E-state index >= 15 is 0 Å². The normalized spacial score (nSPS) is 11.7. The molecule has 0 fully saturated rings. The third-order valence-corrected chi connectivity index (χ3v) is 10.2. The van der Waals surface area contributed by atoms with E-state index in [0.717, 1.165) is 17.1 Å². The van der Waals surface area contributed by atoms with E-state index in [1.165, 1.54) is 75.8 Å². The van der Waals surface area contributed by atoms with E-state index in [-0.39, 0.29) is 0 Å². The zero-order valence-electron chi connectivity index (χ0n) is 26.8. The molecule has 0 aromatic heterocycles. The first kappa shape index (κ1) is 27.7.